The summed E-state index contributed by atoms with van der Waals surface area (Å²) in [4.78, 5) is 11.7. The lowest BCUT2D eigenvalue weighted by atomic mass is 9.95. The number of aromatic nitrogens is 2. The lowest BCUT2D eigenvalue weighted by molar-refractivity contribution is 0.130. The summed E-state index contributed by atoms with van der Waals surface area (Å²) < 4.78 is 0. The fourth-order valence-electron chi connectivity index (χ4n) is 3.58. The van der Waals surface area contributed by atoms with Crippen LogP contribution in [0, 0.1) is 0 Å². The second-order valence-corrected chi connectivity index (χ2v) is 7.39. The van der Waals surface area contributed by atoms with Gasteiger partial charge in [0.15, 0.2) is 0 Å². The van der Waals surface area contributed by atoms with Crippen molar-refractivity contribution in [2.45, 2.75) is 64.5 Å². The van der Waals surface area contributed by atoms with E-state index in [1.807, 2.05) is 18.3 Å². The van der Waals surface area contributed by atoms with Gasteiger partial charge in [0.2, 0.25) is 0 Å². The van der Waals surface area contributed by atoms with Gasteiger partial charge in [0, 0.05) is 24.7 Å². The smallest absolute Gasteiger partial charge is 0.131 e. The molecule has 2 heterocycles. The van der Waals surface area contributed by atoms with E-state index in [-0.39, 0.29) is 0 Å². The Hall–Kier alpha value is -1.94. The second-order valence-electron chi connectivity index (χ2n) is 7.39. The predicted molar refractivity (Wildman–Crippen MR) is 101 cm³/mol. The zero-order valence-corrected chi connectivity index (χ0v) is 15.4. The van der Waals surface area contributed by atoms with Crippen molar-refractivity contribution in [2.75, 3.05) is 6.54 Å². The van der Waals surface area contributed by atoms with E-state index >= 15 is 0 Å². The third-order valence-electron chi connectivity index (χ3n) is 5.07. The van der Waals surface area contributed by atoms with E-state index in [0.29, 0.717) is 17.7 Å². The molecule has 0 bridgehead atoms. The molecule has 0 unspecified atom stereocenters. The van der Waals surface area contributed by atoms with Gasteiger partial charge in [0.25, 0.3) is 0 Å². The highest BCUT2D eigenvalue weighted by Gasteiger charge is 2.22. The number of hydrogen-bond acceptors (Lipinski definition) is 4. The summed E-state index contributed by atoms with van der Waals surface area (Å²) in [5.74, 6) is 1.65. The van der Waals surface area contributed by atoms with Crippen LogP contribution in [-0.4, -0.2) is 32.6 Å². The topological polar surface area (TPSA) is 49.2 Å². The molecule has 1 aromatic carbocycles. The fraction of sp³-hybridized carbons (Fsp3) is 0.524. The number of hydrogen-bond donors (Lipinski definition) is 1. The molecule has 1 aliphatic rings. The number of phenols is 1. The molecule has 1 fully saturated rings. The molecule has 1 saturated heterocycles. The summed E-state index contributed by atoms with van der Waals surface area (Å²) in [6, 6.07) is 10.3. The Kier molecular flexibility index (Phi) is 6.03. The van der Waals surface area contributed by atoms with Gasteiger partial charge in [-0.25, -0.2) is 9.97 Å². The molecule has 0 radical (unpaired) electrons. The number of aromatic hydroxyl groups is 1. The fourth-order valence-corrected chi connectivity index (χ4v) is 3.58. The first-order valence-corrected chi connectivity index (χ1v) is 9.45. The Morgan fingerprint density at radius 2 is 1.96 bits per heavy atom. The minimum atomic E-state index is 0.341. The van der Waals surface area contributed by atoms with Crippen LogP contribution >= 0.6 is 0 Å². The average Bonchev–Trinajstić information content (AvgIpc) is 2.62. The van der Waals surface area contributed by atoms with Crippen molar-refractivity contribution < 1.29 is 5.11 Å². The minimum absolute atomic E-state index is 0.341. The molecule has 1 N–H and O–H groups in total. The summed E-state index contributed by atoms with van der Waals surface area (Å²) in [7, 11) is 0. The van der Waals surface area contributed by atoms with Crippen LogP contribution in [0.5, 0.6) is 5.75 Å². The maximum atomic E-state index is 9.42. The lowest BCUT2D eigenvalue weighted by Crippen LogP contribution is -2.39. The first kappa shape index (κ1) is 17.9. The number of aryl methyl sites for hydroxylation is 1. The molecule has 25 heavy (non-hydrogen) atoms. The summed E-state index contributed by atoms with van der Waals surface area (Å²) >= 11 is 0. The van der Waals surface area contributed by atoms with E-state index in [1.54, 1.807) is 12.1 Å². The van der Waals surface area contributed by atoms with Crippen molar-refractivity contribution >= 4 is 0 Å². The first-order valence-electron chi connectivity index (χ1n) is 9.45. The van der Waals surface area contributed by atoms with Crippen molar-refractivity contribution in [3.8, 4) is 5.75 Å². The number of rotatable bonds is 6. The predicted octanol–water partition coefficient (Wildman–Crippen LogP) is 4.29. The van der Waals surface area contributed by atoms with Crippen LogP contribution in [0.25, 0.3) is 0 Å². The average molecular weight is 339 g/mol. The zero-order chi connectivity index (χ0) is 17.6. The third-order valence-corrected chi connectivity index (χ3v) is 5.07. The monoisotopic (exact) mass is 339 g/mol. The Balaban J connectivity index is 1.62. The second kappa shape index (κ2) is 8.43. The molecule has 4 nitrogen and oxygen atoms in total. The lowest BCUT2D eigenvalue weighted by Gasteiger charge is -2.35. The molecule has 1 atom stereocenters. The highest BCUT2D eigenvalue weighted by molar-refractivity contribution is 5.26. The molecule has 134 valence electrons. The van der Waals surface area contributed by atoms with Crippen LogP contribution in [-0.2, 0) is 13.0 Å². The van der Waals surface area contributed by atoms with Crippen molar-refractivity contribution in [3.05, 3.63) is 53.6 Å². The van der Waals surface area contributed by atoms with Crippen LogP contribution in [0.15, 0.2) is 36.5 Å². The molecule has 0 aliphatic carbocycles. The molecule has 0 spiro atoms. The molecule has 1 aromatic heterocycles. The van der Waals surface area contributed by atoms with Crippen molar-refractivity contribution in [1.82, 2.24) is 14.9 Å². The van der Waals surface area contributed by atoms with Crippen LogP contribution in [0.1, 0.15) is 62.5 Å². The largest absolute Gasteiger partial charge is 0.508 e. The Labute approximate surface area is 150 Å². The summed E-state index contributed by atoms with van der Waals surface area (Å²) in [5.41, 5.74) is 2.43. The van der Waals surface area contributed by atoms with Crippen LogP contribution in [0.2, 0.25) is 0 Å². The molecular weight excluding hydrogens is 310 g/mol. The molecule has 0 amide bonds. The summed E-state index contributed by atoms with van der Waals surface area (Å²) in [5, 5.41) is 9.42. The molecule has 1 aliphatic heterocycles. The van der Waals surface area contributed by atoms with Crippen molar-refractivity contribution in [1.29, 1.82) is 0 Å². The highest BCUT2D eigenvalue weighted by atomic mass is 16.3. The number of nitrogens with zero attached hydrogens (tertiary/aromatic N) is 3. The van der Waals surface area contributed by atoms with Crippen LogP contribution in [0.3, 0.4) is 0 Å². The summed E-state index contributed by atoms with van der Waals surface area (Å²) in [6.45, 7) is 6.35. The van der Waals surface area contributed by atoms with Crippen LogP contribution in [0.4, 0.5) is 0 Å². The van der Waals surface area contributed by atoms with E-state index < -0.39 is 0 Å². The van der Waals surface area contributed by atoms with Gasteiger partial charge >= 0.3 is 0 Å². The number of likely N-dealkylation sites (tertiary alicyclic amines) is 1. The van der Waals surface area contributed by atoms with Crippen LogP contribution < -0.4 is 0 Å². The Morgan fingerprint density at radius 3 is 2.72 bits per heavy atom. The van der Waals surface area contributed by atoms with Gasteiger partial charge in [-0.2, -0.15) is 0 Å². The Morgan fingerprint density at radius 1 is 1.16 bits per heavy atom. The van der Waals surface area contributed by atoms with Crippen molar-refractivity contribution in [3.63, 3.8) is 0 Å². The van der Waals surface area contributed by atoms with E-state index in [4.69, 9.17) is 4.98 Å². The van der Waals surface area contributed by atoms with Gasteiger partial charge in [-0.3, -0.25) is 4.90 Å². The maximum Gasteiger partial charge on any atom is 0.131 e. The quantitative estimate of drug-likeness (QED) is 0.853. The van der Waals surface area contributed by atoms with Gasteiger partial charge in [0.05, 0.1) is 5.69 Å². The van der Waals surface area contributed by atoms with E-state index in [0.717, 1.165) is 37.4 Å². The number of piperidine rings is 1. The van der Waals surface area contributed by atoms with Gasteiger partial charge in [-0.05, 0) is 56.0 Å². The third kappa shape index (κ3) is 5.02. The summed E-state index contributed by atoms with van der Waals surface area (Å²) in [6.07, 6.45) is 7.97. The normalized spacial score (nSPS) is 18.6. The number of benzene rings is 1. The SMILES string of the molecule is CC(C)c1nccc(CN2CCCC[C@H]2CCc2ccc(O)cc2)n1. The molecule has 2 aromatic rings. The molecule has 3 rings (SSSR count). The molecule has 4 heteroatoms. The van der Waals surface area contributed by atoms with Gasteiger partial charge in [-0.1, -0.05) is 32.4 Å². The Bertz CT molecular complexity index is 669. The van der Waals surface area contributed by atoms with Gasteiger partial charge in [-0.15, -0.1) is 0 Å². The highest BCUT2D eigenvalue weighted by Crippen LogP contribution is 2.24. The first-order chi connectivity index (χ1) is 12.1. The van der Waals surface area contributed by atoms with Crippen molar-refractivity contribution in [2.24, 2.45) is 0 Å². The van der Waals surface area contributed by atoms with Gasteiger partial charge in [0.1, 0.15) is 11.6 Å². The molecule has 0 saturated carbocycles. The zero-order valence-electron chi connectivity index (χ0n) is 15.4. The standard InChI is InChI=1S/C21H29N3O/c1-16(2)21-22-13-12-18(23-21)15-24-14-4-3-5-19(24)9-6-17-7-10-20(25)11-8-17/h7-8,10-13,16,19,25H,3-6,9,14-15H2,1-2H3/t19-/m0/s1. The van der Waals surface area contributed by atoms with E-state index in [9.17, 15) is 5.11 Å². The number of phenolic OH excluding ortho intramolecular Hbond substituents is 1. The van der Waals surface area contributed by atoms with E-state index in [2.05, 4.69) is 29.8 Å². The van der Waals surface area contributed by atoms with Gasteiger partial charge < -0.3 is 5.11 Å². The minimum Gasteiger partial charge on any atom is -0.508 e. The maximum absolute atomic E-state index is 9.42. The molecular formula is C21H29N3O. The van der Waals surface area contributed by atoms with E-state index in [1.165, 1.54) is 24.8 Å².